The zero-order valence-electron chi connectivity index (χ0n) is 19.8. The van der Waals surface area contributed by atoms with E-state index in [1.165, 1.54) is 79.9 Å². The Morgan fingerprint density at radius 1 is 1.03 bits per heavy atom. The highest BCUT2D eigenvalue weighted by Crippen LogP contribution is 2.32. The zero-order chi connectivity index (χ0) is 27.0. The van der Waals surface area contributed by atoms with Crippen molar-refractivity contribution in [1.29, 1.82) is 5.26 Å². The van der Waals surface area contributed by atoms with Crippen LogP contribution >= 0.6 is 0 Å². The van der Waals surface area contributed by atoms with Gasteiger partial charge in [-0.1, -0.05) is 6.07 Å². The van der Waals surface area contributed by atoms with Gasteiger partial charge >= 0.3 is 16.1 Å². The molecule has 37 heavy (non-hydrogen) atoms. The fraction of sp³-hybridized carbons (Fsp3) is 0.115. The number of amides is 1. The van der Waals surface area contributed by atoms with Gasteiger partial charge in [-0.05, 0) is 79.2 Å². The lowest BCUT2D eigenvalue weighted by Crippen LogP contribution is -2.13. The summed E-state index contributed by atoms with van der Waals surface area (Å²) < 4.78 is 41.3. The summed E-state index contributed by atoms with van der Waals surface area (Å²) in [4.78, 5) is 23.5. The van der Waals surface area contributed by atoms with E-state index < -0.39 is 22.0 Å². The first kappa shape index (κ1) is 26.8. The number of carbonyl (C=O) groups is 2. The van der Waals surface area contributed by atoms with E-state index in [2.05, 4.69) is 5.32 Å². The van der Waals surface area contributed by atoms with Gasteiger partial charge in [-0.2, -0.15) is 13.7 Å². The number of rotatable bonds is 10. The van der Waals surface area contributed by atoms with Crippen LogP contribution in [0.2, 0.25) is 0 Å². The number of carboxylic acid groups (broad SMARTS) is 1. The Morgan fingerprint density at radius 3 is 2.27 bits per heavy atom. The molecule has 0 saturated carbocycles. The summed E-state index contributed by atoms with van der Waals surface area (Å²) in [5, 5.41) is 21.0. The normalized spacial score (nSPS) is 11.2. The van der Waals surface area contributed by atoms with Crippen LogP contribution in [-0.4, -0.2) is 39.1 Å². The number of hydrogen-bond donors (Lipinski definition) is 2. The second-order valence-corrected chi connectivity index (χ2v) is 8.90. The van der Waals surface area contributed by atoms with Crippen LogP contribution < -0.4 is 19.0 Å². The minimum atomic E-state index is -4.18. The largest absolute Gasteiger partial charge is 0.497 e. The smallest absolute Gasteiger partial charge is 0.339 e. The van der Waals surface area contributed by atoms with Crippen LogP contribution in [0.4, 0.5) is 5.69 Å². The van der Waals surface area contributed by atoms with E-state index in [4.69, 9.17) is 18.8 Å². The average Bonchev–Trinajstić information content (AvgIpc) is 2.89. The van der Waals surface area contributed by atoms with E-state index in [0.29, 0.717) is 17.0 Å². The van der Waals surface area contributed by atoms with Crippen LogP contribution in [0.1, 0.15) is 22.8 Å². The Balaban J connectivity index is 1.84. The topological polar surface area (TPSA) is 152 Å². The number of ether oxygens (including phenoxy) is 2. The molecule has 0 radical (unpaired) electrons. The quantitative estimate of drug-likeness (QED) is 0.228. The number of carboxylic acids is 1. The number of anilines is 1. The minimum absolute atomic E-state index is 0.0498. The van der Waals surface area contributed by atoms with Crippen LogP contribution in [0.25, 0.3) is 6.08 Å². The molecule has 0 spiro atoms. The fourth-order valence-corrected chi connectivity index (χ4v) is 4.01. The Hall–Kier alpha value is -4.82. The highest BCUT2D eigenvalue weighted by atomic mass is 32.2. The van der Waals surface area contributed by atoms with Gasteiger partial charge in [0.05, 0.1) is 19.3 Å². The molecule has 190 valence electrons. The number of nitriles is 1. The minimum Gasteiger partial charge on any atom is -0.497 e. The van der Waals surface area contributed by atoms with E-state index in [9.17, 15) is 23.3 Å². The predicted octanol–water partition coefficient (Wildman–Crippen LogP) is 4.11. The van der Waals surface area contributed by atoms with Gasteiger partial charge in [0, 0.05) is 5.69 Å². The summed E-state index contributed by atoms with van der Waals surface area (Å²) in [6, 6.07) is 17.2. The molecule has 0 aromatic heterocycles. The summed E-state index contributed by atoms with van der Waals surface area (Å²) in [7, 11) is -2.72. The Bertz CT molecular complexity index is 1470. The second-order valence-electron chi connectivity index (χ2n) is 7.36. The maximum Gasteiger partial charge on any atom is 0.339 e. The fourth-order valence-electron chi connectivity index (χ4n) is 3.07. The molecule has 0 unspecified atom stereocenters. The molecule has 0 bridgehead atoms. The molecular formula is C26H22N2O8S. The van der Waals surface area contributed by atoms with Gasteiger partial charge in [0.2, 0.25) is 0 Å². The van der Waals surface area contributed by atoms with Gasteiger partial charge in [-0.3, -0.25) is 4.79 Å². The van der Waals surface area contributed by atoms with Crippen molar-refractivity contribution in [3.8, 4) is 23.3 Å². The summed E-state index contributed by atoms with van der Waals surface area (Å²) in [5.74, 6) is -1.32. The molecule has 0 aliphatic heterocycles. The molecule has 3 aromatic carbocycles. The molecule has 0 aliphatic carbocycles. The highest BCUT2D eigenvalue weighted by molar-refractivity contribution is 7.87. The third-order valence-electron chi connectivity index (χ3n) is 4.88. The van der Waals surface area contributed by atoms with Crippen molar-refractivity contribution >= 4 is 33.8 Å². The molecular weight excluding hydrogens is 500 g/mol. The average molecular weight is 523 g/mol. The molecule has 10 nitrogen and oxygen atoms in total. The molecule has 2 N–H and O–H groups in total. The standard InChI is InChI=1S/C26H22N2O8S/c1-3-35-24-15-17(4-13-23(24)36-37(32,33)22-11-9-21(34-2)10-12-22)14-19(16-27)25(29)28-20-7-5-18(6-8-20)26(30)31/h4-15H,3H2,1-2H3,(H,28,29)(H,30,31)/b19-14+. The van der Waals surface area contributed by atoms with E-state index in [1.807, 2.05) is 6.07 Å². The lowest BCUT2D eigenvalue weighted by molar-refractivity contribution is -0.112. The van der Waals surface area contributed by atoms with E-state index >= 15 is 0 Å². The maximum absolute atomic E-state index is 12.7. The van der Waals surface area contributed by atoms with Crippen molar-refractivity contribution in [2.24, 2.45) is 0 Å². The molecule has 11 heteroatoms. The second kappa shape index (κ2) is 11.7. The lowest BCUT2D eigenvalue weighted by atomic mass is 10.1. The van der Waals surface area contributed by atoms with Gasteiger partial charge in [0.15, 0.2) is 11.5 Å². The molecule has 3 rings (SSSR count). The van der Waals surface area contributed by atoms with Crippen molar-refractivity contribution in [1.82, 2.24) is 0 Å². The number of hydrogen-bond acceptors (Lipinski definition) is 8. The molecule has 0 heterocycles. The third-order valence-corrected chi connectivity index (χ3v) is 6.13. The van der Waals surface area contributed by atoms with Crippen molar-refractivity contribution in [3.05, 3.63) is 83.4 Å². The van der Waals surface area contributed by atoms with Gasteiger partial charge in [-0.25, -0.2) is 4.79 Å². The molecule has 1 amide bonds. The summed E-state index contributed by atoms with van der Waals surface area (Å²) in [6.45, 7) is 1.90. The molecule has 3 aromatic rings. The van der Waals surface area contributed by atoms with Crippen molar-refractivity contribution in [2.75, 3.05) is 19.0 Å². The summed E-state index contributed by atoms with van der Waals surface area (Å²) >= 11 is 0. The molecule has 0 fully saturated rings. The monoisotopic (exact) mass is 522 g/mol. The summed E-state index contributed by atoms with van der Waals surface area (Å²) in [5.41, 5.74) is 0.488. The number of carbonyl (C=O) groups excluding carboxylic acids is 1. The first-order chi connectivity index (χ1) is 17.7. The Labute approximate surface area is 213 Å². The van der Waals surface area contributed by atoms with E-state index in [-0.39, 0.29) is 34.1 Å². The van der Waals surface area contributed by atoms with E-state index in [1.54, 1.807) is 6.92 Å². The Morgan fingerprint density at radius 2 is 1.70 bits per heavy atom. The van der Waals surface area contributed by atoms with Crippen LogP contribution in [0.3, 0.4) is 0 Å². The number of methoxy groups -OCH3 is 1. The van der Waals surface area contributed by atoms with Gasteiger partial charge < -0.3 is 24.1 Å². The molecule has 0 saturated heterocycles. The Kier molecular flexibility index (Phi) is 8.50. The van der Waals surface area contributed by atoms with Crippen LogP contribution in [-0.2, 0) is 14.9 Å². The first-order valence-electron chi connectivity index (χ1n) is 10.8. The number of benzene rings is 3. The van der Waals surface area contributed by atoms with Gasteiger partial charge in [0.25, 0.3) is 5.91 Å². The zero-order valence-corrected chi connectivity index (χ0v) is 20.6. The summed E-state index contributed by atoms with van der Waals surface area (Å²) in [6.07, 6.45) is 1.30. The van der Waals surface area contributed by atoms with Gasteiger partial charge in [0.1, 0.15) is 22.3 Å². The van der Waals surface area contributed by atoms with Crippen molar-refractivity contribution in [3.63, 3.8) is 0 Å². The van der Waals surface area contributed by atoms with Crippen LogP contribution in [0.5, 0.6) is 17.2 Å². The SMILES string of the molecule is CCOc1cc(/C=C(\C#N)C(=O)Nc2ccc(C(=O)O)cc2)ccc1OS(=O)(=O)c1ccc(OC)cc1. The highest BCUT2D eigenvalue weighted by Gasteiger charge is 2.20. The third kappa shape index (κ3) is 6.87. The number of nitrogens with one attached hydrogen (secondary N) is 1. The number of aromatic carboxylic acids is 1. The predicted molar refractivity (Wildman–Crippen MR) is 134 cm³/mol. The molecule has 0 aliphatic rings. The van der Waals surface area contributed by atoms with Gasteiger partial charge in [-0.15, -0.1) is 0 Å². The van der Waals surface area contributed by atoms with Crippen molar-refractivity contribution < 1.29 is 36.8 Å². The van der Waals surface area contributed by atoms with Crippen LogP contribution in [0, 0.1) is 11.3 Å². The molecule has 0 atom stereocenters. The van der Waals surface area contributed by atoms with Crippen molar-refractivity contribution in [2.45, 2.75) is 11.8 Å². The number of nitrogens with zero attached hydrogens (tertiary/aromatic N) is 1. The lowest BCUT2D eigenvalue weighted by Gasteiger charge is -2.13. The van der Waals surface area contributed by atoms with Crippen LogP contribution in [0.15, 0.2) is 77.2 Å². The first-order valence-corrected chi connectivity index (χ1v) is 12.2. The van der Waals surface area contributed by atoms with E-state index in [0.717, 1.165) is 0 Å². The maximum atomic E-state index is 12.7.